The molecule has 1 atom stereocenters. The minimum Gasteiger partial charge on any atom is -0.449 e. The van der Waals surface area contributed by atoms with E-state index in [-0.39, 0.29) is 17.7 Å². The smallest absolute Gasteiger partial charge is 0.289 e. The molecule has 1 aromatic carbocycles. The normalized spacial score (nSPS) is 12.5. The maximum absolute atomic E-state index is 13.2. The van der Waals surface area contributed by atoms with Crippen molar-refractivity contribution in [2.45, 2.75) is 6.04 Å². The zero-order valence-corrected chi connectivity index (χ0v) is 14.4. The molecule has 25 heavy (non-hydrogen) atoms. The molecular weight excluding hydrogens is 321 g/mol. The predicted molar refractivity (Wildman–Crippen MR) is 93.8 cm³/mol. The van der Waals surface area contributed by atoms with Crippen molar-refractivity contribution < 1.29 is 13.6 Å². The number of halogens is 1. The van der Waals surface area contributed by atoms with Gasteiger partial charge in [0.2, 0.25) is 5.95 Å². The largest absolute Gasteiger partial charge is 0.449 e. The van der Waals surface area contributed by atoms with E-state index < -0.39 is 5.95 Å². The van der Waals surface area contributed by atoms with Crippen LogP contribution in [0.3, 0.4) is 0 Å². The van der Waals surface area contributed by atoms with Gasteiger partial charge in [-0.15, -0.1) is 0 Å². The zero-order valence-electron chi connectivity index (χ0n) is 14.4. The zero-order chi connectivity index (χ0) is 18.0. The molecule has 0 aliphatic rings. The number of hydrogen-bond acceptors (Lipinski definition) is 4. The average molecular weight is 341 g/mol. The van der Waals surface area contributed by atoms with Crippen molar-refractivity contribution in [1.29, 1.82) is 0 Å². The lowest BCUT2D eigenvalue weighted by atomic mass is 10.0. The summed E-state index contributed by atoms with van der Waals surface area (Å²) < 4.78 is 18.8. The van der Waals surface area contributed by atoms with E-state index in [0.717, 1.165) is 5.56 Å². The van der Waals surface area contributed by atoms with Gasteiger partial charge < -0.3 is 14.2 Å². The molecule has 2 aromatic heterocycles. The van der Waals surface area contributed by atoms with Gasteiger partial charge in [-0.3, -0.25) is 4.79 Å². The second-order valence-corrected chi connectivity index (χ2v) is 6.23. The molecule has 6 heteroatoms. The van der Waals surface area contributed by atoms with Gasteiger partial charge in [0.1, 0.15) is 5.52 Å². The summed E-state index contributed by atoms with van der Waals surface area (Å²) in [4.78, 5) is 20.3. The van der Waals surface area contributed by atoms with Crippen molar-refractivity contribution in [3.05, 3.63) is 65.8 Å². The maximum Gasteiger partial charge on any atom is 0.289 e. The van der Waals surface area contributed by atoms with Gasteiger partial charge in [-0.1, -0.05) is 30.3 Å². The number of likely N-dealkylation sites (N-methyl/N-ethyl adjacent to an activating group) is 2. The van der Waals surface area contributed by atoms with Crippen LogP contribution in [0.1, 0.15) is 22.2 Å². The highest BCUT2D eigenvalue weighted by atomic mass is 19.1. The molecule has 3 aromatic rings. The highest BCUT2D eigenvalue weighted by molar-refractivity contribution is 5.95. The molecule has 0 radical (unpaired) electrons. The number of amides is 1. The third kappa shape index (κ3) is 3.69. The molecule has 1 amide bonds. The standard InChI is InChI=1S/C19H20FN3O2/c1-22(2)12-15(13-7-5-4-6-8-13)23(3)19(24)17-11-14-16(25-17)9-10-18(20)21-14/h4-11,15H,12H2,1-3H3. The fraction of sp³-hybridized carbons (Fsp3) is 0.263. The second kappa shape index (κ2) is 7.03. The second-order valence-electron chi connectivity index (χ2n) is 6.23. The van der Waals surface area contributed by atoms with Crippen LogP contribution in [0.5, 0.6) is 0 Å². The molecule has 2 heterocycles. The molecule has 0 bridgehead atoms. The number of nitrogens with zero attached hydrogens (tertiary/aromatic N) is 3. The van der Waals surface area contributed by atoms with Gasteiger partial charge >= 0.3 is 0 Å². The van der Waals surface area contributed by atoms with Crippen LogP contribution in [-0.2, 0) is 0 Å². The summed E-state index contributed by atoms with van der Waals surface area (Å²) >= 11 is 0. The number of carbonyl (C=O) groups excluding carboxylic acids is 1. The molecule has 0 aliphatic heterocycles. The molecule has 0 saturated carbocycles. The quantitative estimate of drug-likeness (QED) is 0.668. The van der Waals surface area contributed by atoms with Gasteiger partial charge in [-0.05, 0) is 31.8 Å². The maximum atomic E-state index is 13.2. The van der Waals surface area contributed by atoms with E-state index in [1.54, 1.807) is 11.9 Å². The molecule has 3 rings (SSSR count). The first-order valence-electron chi connectivity index (χ1n) is 7.98. The van der Waals surface area contributed by atoms with Crippen molar-refractivity contribution in [2.75, 3.05) is 27.7 Å². The summed E-state index contributed by atoms with van der Waals surface area (Å²) in [7, 11) is 5.66. The van der Waals surface area contributed by atoms with Crippen LogP contribution in [0, 0.1) is 5.95 Å². The Hall–Kier alpha value is -2.73. The van der Waals surface area contributed by atoms with Crippen LogP contribution in [-0.4, -0.2) is 48.4 Å². The van der Waals surface area contributed by atoms with Crippen LogP contribution in [0.15, 0.2) is 52.9 Å². The van der Waals surface area contributed by atoms with Crippen molar-refractivity contribution in [3.63, 3.8) is 0 Å². The Balaban J connectivity index is 1.92. The Morgan fingerprint density at radius 3 is 2.56 bits per heavy atom. The first-order chi connectivity index (χ1) is 12.0. The molecule has 0 aliphatic carbocycles. The van der Waals surface area contributed by atoms with Crippen LogP contribution in [0.4, 0.5) is 4.39 Å². The number of pyridine rings is 1. The molecule has 0 saturated heterocycles. The van der Waals surface area contributed by atoms with Crippen LogP contribution in [0.25, 0.3) is 11.1 Å². The molecular formula is C19H20FN3O2. The first kappa shape index (κ1) is 17.1. The molecule has 5 nitrogen and oxygen atoms in total. The third-order valence-electron chi connectivity index (χ3n) is 4.06. The lowest BCUT2D eigenvalue weighted by Crippen LogP contribution is -2.37. The van der Waals surface area contributed by atoms with E-state index in [1.807, 2.05) is 49.3 Å². The number of aromatic nitrogens is 1. The summed E-state index contributed by atoms with van der Waals surface area (Å²) in [6.45, 7) is 0.666. The van der Waals surface area contributed by atoms with Crippen LogP contribution >= 0.6 is 0 Å². The Labute approximate surface area is 145 Å². The van der Waals surface area contributed by atoms with Gasteiger partial charge in [-0.25, -0.2) is 4.98 Å². The number of rotatable bonds is 5. The molecule has 130 valence electrons. The topological polar surface area (TPSA) is 49.6 Å². The van der Waals surface area contributed by atoms with Gasteiger partial charge in [0.15, 0.2) is 11.3 Å². The highest BCUT2D eigenvalue weighted by Crippen LogP contribution is 2.24. The van der Waals surface area contributed by atoms with Crippen molar-refractivity contribution in [3.8, 4) is 0 Å². The third-order valence-corrected chi connectivity index (χ3v) is 4.06. The first-order valence-corrected chi connectivity index (χ1v) is 7.98. The monoisotopic (exact) mass is 341 g/mol. The molecule has 1 unspecified atom stereocenters. The number of hydrogen-bond donors (Lipinski definition) is 0. The Morgan fingerprint density at radius 2 is 1.88 bits per heavy atom. The van der Waals surface area contributed by atoms with E-state index in [4.69, 9.17) is 4.42 Å². The van der Waals surface area contributed by atoms with E-state index in [2.05, 4.69) is 4.98 Å². The lowest BCUT2D eigenvalue weighted by molar-refractivity contribution is 0.0675. The summed E-state index contributed by atoms with van der Waals surface area (Å²) in [6.07, 6.45) is 0. The van der Waals surface area contributed by atoms with Crippen molar-refractivity contribution >= 4 is 17.0 Å². The van der Waals surface area contributed by atoms with Gasteiger partial charge in [-0.2, -0.15) is 4.39 Å². The number of furan rings is 1. The summed E-state index contributed by atoms with van der Waals surface area (Å²) in [6, 6.07) is 13.9. The van der Waals surface area contributed by atoms with E-state index >= 15 is 0 Å². The van der Waals surface area contributed by atoms with E-state index in [1.165, 1.54) is 18.2 Å². The number of carbonyl (C=O) groups is 1. The molecule has 0 N–H and O–H groups in total. The van der Waals surface area contributed by atoms with Gasteiger partial charge in [0.25, 0.3) is 5.91 Å². The summed E-state index contributed by atoms with van der Waals surface area (Å²) in [5.74, 6) is -0.722. The van der Waals surface area contributed by atoms with Crippen LogP contribution < -0.4 is 0 Å². The van der Waals surface area contributed by atoms with Crippen molar-refractivity contribution in [1.82, 2.24) is 14.8 Å². The SMILES string of the molecule is CN(C)CC(c1ccccc1)N(C)C(=O)c1cc2nc(F)ccc2o1. The average Bonchev–Trinajstić information content (AvgIpc) is 3.02. The fourth-order valence-corrected chi connectivity index (χ4v) is 2.79. The minimum atomic E-state index is -0.601. The van der Waals surface area contributed by atoms with Crippen LogP contribution in [0.2, 0.25) is 0 Å². The van der Waals surface area contributed by atoms with E-state index in [9.17, 15) is 9.18 Å². The number of benzene rings is 1. The number of fused-ring (bicyclic) bond motifs is 1. The Bertz CT molecular complexity index is 877. The van der Waals surface area contributed by atoms with Crippen molar-refractivity contribution in [2.24, 2.45) is 0 Å². The Morgan fingerprint density at radius 1 is 1.16 bits per heavy atom. The highest BCUT2D eigenvalue weighted by Gasteiger charge is 2.26. The Kier molecular flexibility index (Phi) is 4.81. The predicted octanol–water partition coefficient (Wildman–Crippen LogP) is 3.34. The fourth-order valence-electron chi connectivity index (χ4n) is 2.79. The van der Waals surface area contributed by atoms with Gasteiger partial charge in [0.05, 0.1) is 6.04 Å². The summed E-state index contributed by atoms with van der Waals surface area (Å²) in [5.41, 5.74) is 1.76. The van der Waals surface area contributed by atoms with E-state index in [0.29, 0.717) is 17.6 Å². The summed E-state index contributed by atoms with van der Waals surface area (Å²) in [5, 5.41) is 0. The van der Waals surface area contributed by atoms with Gasteiger partial charge in [0, 0.05) is 19.7 Å². The lowest BCUT2D eigenvalue weighted by Gasteiger charge is -2.30. The molecule has 0 fully saturated rings. The molecule has 0 spiro atoms. The minimum absolute atomic E-state index is 0.137.